The summed E-state index contributed by atoms with van der Waals surface area (Å²) in [5, 5.41) is 0. The molecule has 0 bridgehead atoms. The monoisotopic (exact) mass is 417 g/mol. The smallest absolute Gasteiger partial charge is 0.263 e. The van der Waals surface area contributed by atoms with E-state index in [0.29, 0.717) is 35.4 Å². The molecule has 6 heteroatoms. The molecule has 6 rings (SSSR count). The second kappa shape index (κ2) is 6.93. The molecule has 4 saturated heterocycles. The van der Waals surface area contributed by atoms with Crippen LogP contribution in [0, 0.1) is 24.2 Å². The van der Waals surface area contributed by atoms with Crippen LogP contribution in [-0.4, -0.2) is 70.2 Å². The molecule has 5 aliphatic rings. The maximum atomic E-state index is 13.7. The summed E-state index contributed by atoms with van der Waals surface area (Å²) in [6.45, 7) is 3.14. The zero-order valence-corrected chi connectivity index (χ0v) is 17.6. The van der Waals surface area contributed by atoms with Gasteiger partial charge in [0, 0.05) is 24.2 Å². The van der Waals surface area contributed by atoms with Crippen molar-refractivity contribution in [2.24, 2.45) is 11.8 Å². The maximum absolute atomic E-state index is 13.7. The van der Waals surface area contributed by atoms with Crippen LogP contribution in [0.4, 0.5) is 0 Å². The summed E-state index contributed by atoms with van der Waals surface area (Å²) >= 11 is 0. The van der Waals surface area contributed by atoms with Gasteiger partial charge in [0.15, 0.2) is 0 Å². The van der Waals surface area contributed by atoms with Gasteiger partial charge in [-0.1, -0.05) is 12.0 Å². The molecule has 3 amide bonds. The molecule has 5 heterocycles. The summed E-state index contributed by atoms with van der Waals surface area (Å²) in [4.78, 5) is 46.0. The molecule has 31 heavy (non-hydrogen) atoms. The van der Waals surface area contributed by atoms with Crippen LogP contribution in [0.5, 0.6) is 0 Å². The zero-order valence-electron chi connectivity index (χ0n) is 17.6. The number of nitrogens with zero attached hydrogens (tertiary/aromatic N) is 3. The van der Waals surface area contributed by atoms with E-state index in [0.717, 1.165) is 19.4 Å². The van der Waals surface area contributed by atoms with Crippen LogP contribution in [0.25, 0.3) is 0 Å². The Morgan fingerprint density at radius 3 is 2.58 bits per heavy atom. The minimum Gasteiger partial charge on any atom is -0.337 e. The minimum absolute atomic E-state index is 0.0471. The standard InChI is InChI=1S/C25H27N3O3/c1-2-15-6-3-8-18-21(15)25(31)28(23(18)29)20-11-10-19-17-9-5-13-26-12-4-7-16(22(17)26)14-27(19)24(20)30/h1,3,6,8,16-17,19-20,22H,4-5,7,9-14H2/t16-,17+,19+,20?,22-/m0/s1. The van der Waals surface area contributed by atoms with Gasteiger partial charge < -0.3 is 4.90 Å². The molecule has 0 aromatic heterocycles. The number of rotatable bonds is 1. The summed E-state index contributed by atoms with van der Waals surface area (Å²) in [7, 11) is 0. The van der Waals surface area contributed by atoms with E-state index in [1.54, 1.807) is 18.2 Å². The molecule has 5 atom stereocenters. The number of piperidine rings is 4. The molecule has 5 aliphatic heterocycles. The first-order chi connectivity index (χ1) is 15.1. The zero-order chi connectivity index (χ0) is 21.3. The second-order valence-corrected chi connectivity index (χ2v) is 9.74. The Hall–Kier alpha value is -2.65. The van der Waals surface area contributed by atoms with Gasteiger partial charge in [-0.2, -0.15) is 0 Å². The predicted molar refractivity (Wildman–Crippen MR) is 114 cm³/mol. The lowest BCUT2D eigenvalue weighted by atomic mass is 9.67. The average Bonchev–Trinajstić information content (AvgIpc) is 3.05. The van der Waals surface area contributed by atoms with Gasteiger partial charge in [-0.15, -0.1) is 6.42 Å². The van der Waals surface area contributed by atoms with Crippen molar-refractivity contribution in [3.63, 3.8) is 0 Å². The van der Waals surface area contributed by atoms with Crippen LogP contribution in [-0.2, 0) is 4.79 Å². The second-order valence-electron chi connectivity index (χ2n) is 9.74. The highest BCUT2D eigenvalue weighted by Crippen LogP contribution is 2.45. The van der Waals surface area contributed by atoms with Gasteiger partial charge in [0.05, 0.1) is 11.1 Å². The number of fused-ring (bicyclic) bond motifs is 3. The van der Waals surface area contributed by atoms with Gasteiger partial charge in [0.1, 0.15) is 6.04 Å². The maximum Gasteiger partial charge on any atom is 0.263 e. The summed E-state index contributed by atoms with van der Waals surface area (Å²) in [5.74, 6) is 2.70. The van der Waals surface area contributed by atoms with Crippen molar-refractivity contribution in [3.05, 3.63) is 34.9 Å². The number of hydrogen-bond donors (Lipinski definition) is 0. The van der Waals surface area contributed by atoms with Crippen molar-refractivity contribution in [1.82, 2.24) is 14.7 Å². The molecule has 0 N–H and O–H groups in total. The first-order valence-corrected chi connectivity index (χ1v) is 11.6. The molecular weight excluding hydrogens is 390 g/mol. The normalized spacial score (nSPS) is 34.8. The SMILES string of the molecule is C#Cc1cccc2c1C(=O)N(C1CC[C@@H]3[C@H]4CCCN5CCC[C@@H](CN3C1=O)[C@@H]45)C2=O. The van der Waals surface area contributed by atoms with E-state index in [1.807, 2.05) is 4.90 Å². The Bertz CT molecular complexity index is 1030. The van der Waals surface area contributed by atoms with Crippen molar-refractivity contribution in [3.8, 4) is 12.3 Å². The first kappa shape index (κ1) is 19.1. The van der Waals surface area contributed by atoms with Crippen LogP contribution in [0.15, 0.2) is 18.2 Å². The Labute approximate surface area is 182 Å². The molecule has 0 aliphatic carbocycles. The van der Waals surface area contributed by atoms with Gasteiger partial charge in [-0.05, 0) is 75.6 Å². The van der Waals surface area contributed by atoms with Crippen LogP contribution in [0.2, 0.25) is 0 Å². The Morgan fingerprint density at radius 1 is 0.968 bits per heavy atom. The molecule has 0 saturated carbocycles. The van der Waals surface area contributed by atoms with Crippen LogP contribution < -0.4 is 0 Å². The van der Waals surface area contributed by atoms with Crippen molar-refractivity contribution in [1.29, 1.82) is 0 Å². The number of hydrogen-bond acceptors (Lipinski definition) is 4. The van der Waals surface area contributed by atoms with Crippen molar-refractivity contribution < 1.29 is 14.4 Å². The number of imide groups is 1. The number of carbonyl (C=O) groups excluding carboxylic acids is 3. The Kier molecular flexibility index (Phi) is 4.26. The van der Waals surface area contributed by atoms with Gasteiger partial charge >= 0.3 is 0 Å². The van der Waals surface area contributed by atoms with Crippen molar-refractivity contribution >= 4 is 17.7 Å². The number of amides is 3. The fourth-order valence-corrected chi connectivity index (χ4v) is 7.21. The third kappa shape index (κ3) is 2.59. The summed E-state index contributed by atoms with van der Waals surface area (Å²) < 4.78 is 0. The summed E-state index contributed by atoms with van der Waals surface area (Å²) in [6.07, 6.45) is 11.7. The van der Waals surface area contributed by atoms with E-state index in [9.17, 15) is 14.4 Å². The molecule has 1 aromatic rings. The lowest BCUT2D eigenvalue weighted by Crippen LogP contribution is -2.69. The lowest BCUT2D eigenvalue weighted by molar-refractivity contribution is -0.156. The van der Waals surface area contributed by atoms with Gasteiger partial charge in [-0.3, -0.25) is 24.2 Å². The quantitative estimate of drug-likeness (QED) is 0.519. The average molecular weight is 418 g/mol. The molecule has 1 unspecified atom stereocenters. The van der Waals surface area contributed by atoms with Crippen molar-refractivity contribution in [2.45, 2.75) is 56.7 Å². The number of terminal acetylenes is 1. The number of benzene rings is 1. The van der Waals surface area contributed by atoms with Crippen molar-refractivity contribution in [2.75, 3.05) is 19.6 Å². The molecule has 6 nitrogen and oxygen atoms in total. The van der Waals surface area contributed by atoms with E-state index in [1.165, 1.54) is 37.3 Å². The van der Waals surface area contributed by atoms with E-state index >= 15 is 0 Å². The molecular formula is C25H27N3O3. The van der Waals surface area contributed by atoms with E-state index in [2.05, 4.69) is 10.8 Å². The number of carbonyl (C=O) groups is 3. The highest BCUT2D eigenvalue weighted by atomic mass is 16.2. The summed E-state index contributed by atoms with van der Waals surface area (Å²) in [5.41, 5.74) is 1.02. The first-order valence-electron chi connectivity index (χ1n) is 11.6. The molecule has 4 fully saturated rings. The molecule has 0 spiro atoms. The van der Waals surface area contributed by atoms with E-state index in [-0.39, 0.29) is 23.4 Å². The summed E-state index contributed by atoms with van der Waals surface area (Å²) in [6, 6.07) is 5.14. The van der Waals surface area contributed by atoms with Crippen LogP contribution in [0.3, 0.4) is 0 Å². The van der Waals surface area contributed by atoms with Crippen LogP contribution in [0.1, 0.15) is 64.8 Å². The van der Waals surface area contributed by atoms with E-state index in [4.69, 9.17) is 6.42 Å². The Balaban J connectivity index is 1.31. The van der Waals surface area contributed by atoms with Crippen LogP contribution >= 0.6 is 0 Å². The fourth-order valence-electron chi connectivity index (χ4n) is 7.21. The highest BCUT2D eigenvalue weighted by Gasteiger charge is 2.54. The highest BCUT2D eigenvalue weighted by molar-refractivity contribution is 6.23. The molecule has 160 valence electrons. The van der Waals surface area contributed by atoms with Gasteiger partial charge in [0.2, 0.25) is 5.91 Å². The Morgan fingerprint density at radius 2 is 1.77 bits per heavy atom. The molecule has 0 radical (unpaired) electrons. The van der Waals surface area contributed by atoms with Gasteiger partial charge in [-0.25, -0.2) is 0 Å². The predicted octanol–water partition coefficient (Wildman–Crippen LogP) is 2.13. The third-order valence-corrected chi connectivity index (χ3v) is 8.39. The minimum atomic E-state index is -0.714. The topological polar surface area (TPSA) is 60.9 Å². The largest absolute Gasteiger partial charge is 0.337 e. The molecule has 1 aromatic carbocycles. The lowest BCUT2D eigenvalue weighted by Gasteiger charge is -2.59. The third-order valence-electron chi connectivity index (χ3n) is 8.39. The van der Waals surface area contributed by atoms with Gasteiger partial charge in [0.25, 0.3) is 11.8 Å². The van der Waals surface area contributed by atoms with E-state index < -0.39 is 11.9 Å². The fraction of sp³-hybridized carbons (Fsp3) is 0.560.